The molecule has 3 rings (SSSR count). The average molecular weight is 404 g/mol. The van der Waals surface area contributed by atoms with Gasteiger partial charge >= 0.3 is 12.1 Å². The zero-order chi connectivity index (χ0) is 19.7. The molecule has 27 heavy (non-hydrogen) atoms. The molecule has 11 heteroatoms. The van der Waals surface area contributed by atoms with Crippen LogP contribution in [0.15, 0.2) is 28.8 Å². The predicted molar refractivity (Wildman–Crippen MR) is 90.5 cm³/mol. The summed E-state index contributed by atoms with van der Waals surface area (Å²) in [7, 11) is -3.52. The lowest BCUT2D eigenvalue weighted by atomic mass is 10.1. The summed E-state index contributed by atoms with van der Waals surface area (Å²) in [5.74, 6) is -1.58. The van der Waals surface area contributed by atoms with E-state index in [0.29, 0.717) is 30.8 Å². The van der Waals surface area contributed by atoms with Crippen LogP contribution in [0.1, 0.15) is 31.2 Å². The van der Waals surface area contributed by atoms with Crippen LogP contribution in [0.25, 0.3) is 11.4 Å². The summed E-state index contributed by atoms with van der Waals surface area (Å²) in [5.41, 5.74) is 1.06. The number of hydrogen-bond acceptors (Lipinski definition) is 5. The topological polar surface area (TPSA) is 79.5 Å². The minimum absolute atomic E-state index is 0.175. The van der Waals surface area contributed by atoms with Gasteiger partial charge in [0.15, 0.2) is 0 Å². The Bertz CT molecular complexity index is 875. The van der Waals surface area contributed by atoms with Gasteiger partial charge in [0.05, 0.1) is 0 Å². The normalized spacial score (nSPS) is 16.3. The summed E-state index contributed by atoms with van der Waals surface area (Å²) in [6, 6.07) is 6.36. The highest BCUT2D eigenvalue weighted by molar-refractivity contribution is 7.86. The van der Waals surface area contributed by atoms with Crippen molar-refractivity contribution in [2.75, 3.05) is 19.6 Å². The van der Waals surface area contributed by atoms with Crippen molar-refractivity contribution in [2.24, 2.45) is 0 Å². The summed E-state index contributed by atoms with van der Waals surface area (Å²) < 4.78 is 70.0. The predicted octanol–water partition coefficient (Wildman–Crippen LogP) is 2.92. The highest BCUT2D eigenvalue weighted by Gasteiger charge is 2.38. The second kappa shape index (κ2) is 7.56. The van der Waals surface area contributed by atoms with Crippen LogP contribution in [0.2, 0.25) is 0 Å². The molecule has 1 aromatic carbocycles. The lowest BCUT2D eigenvalue weighted by molar-refractivity contribution is -0.159. The fourth-order valence-electron chi connectivity index (χ4n) is 2.86. The van der Waals surface area contributed by atoms with Crippen molar-refractivity contribution in [3.8, 4) is 11.4 Å². The second-order valence-corrected chi connectivity index (χ2v) is 8.09. The molecule has 1 saturated heterocycles. The Morgan fingerprint density at radius 3 is 2.33 bits per heavy atom. The van der Waals surface area contributed by atoms with E-state index in [0.717, 1.165) is 12.8 Å². The first-order valence-corrected chi connectivity index (χ1v) is 9.87. The van der Waals surface area contributed by atoms with E-state index in [2.05, 4.69) is 14.7 Å². The van der Waals surface area contributed by atoms with Gasteiger partial charge in [-0.25, -0.2) is 0 Å². The maximum Gasteiger partial charge on any atom is 0.471 e. The van der Waals surface area contributed by atoms with Crippen molar-refractivity contribution < 1.29 is 26.1 Å². The molecule has 1 fully saturated rings. The molecular formula is C16H19F3N4O3S. The Kier molecular flexibility index (Phi) is 5.54. The van der Waals surface area contributed by atoms with E-state index in [1.807, 2.05) is 0 Å². The third-order valence-electron chi connectivity index (χ3n) is 4.31. The van der Waals surface area contributed by atoms with Gasteiger partial charge in [-0.05, 0) is 18.4 Å². The highest BCUT2D eigenvalue weighted by atomic mass is 32.2. The molecule has 0 aliphatic carbocycles. The standard InChI is InChI=1S/C16H19F3N4O3S/c1-2-22(27(24,25)23-9-3-4-10-23)11-12-5-7-13(8-6-12)14-20-15(26-21-14)16(17,18)19/h5-8H,2-4,9-11H2,1H3. The van der Waals surface area contributed by atoms with Crippen LogP contribution in [0.3, 0.4) is 0 Å². The summed E-state index contributed by atoms with van der Waals surface area (Å²) in [6.07, 6.45) is -2.98. The number of aromatic nitrogens is 2. The number of halogens is 3. The molecule has 1 aliphatic heterocycles. The molecule has 0 radical (unpaired) electrons. The molecule has 0 atom stereocenters. The van der Waals surface area contributed by atoms with Gasteiger partial charge in [-0.1, -0.05) is 36.3 Å². The van der Waals surface area contributed by atoms with Crippen LogP contribution < -0.4 is 0 Å². The van der Waals surface area contributed by atoms with E-state index in [-0.39, 0.29) is 12.4 Å². The van der Waals surface area contributed by atoms with E-state index >= 15 is 0 Å². The van der Waals surface area contributed by atoms with E-state index < -0.39 is 22.3 Å². The first-order valence-electron chi connectivity index (χ1n) is 8.47. The smallest absolute Gasteiger partial charge is 0.329 e. The second-order valence-electron chi connectivity index (χ2n) is 6.16. The third kappa shape index (κ3) is 4.30. The van der Waals surface area contributed by atoms with Crippen LogP contribution in [-0.2, 0) is 22.9 Å². The van der Waals surface area contributed by atoms with Crippen molar-refractivity contribution in [1.29, 1.82) is 0 Å². The summed E-state index contributed by atoms with van der Waals surface area (Å²) in [5, 5.41) is 3.33. The van der Waals surface area contributed by atoms with Crippen LogP contribution in [0, 0.1) is 0 Å². The molecule has 0 bridgehead atoms. The first kappa shape index (κ1) is 19.8. The summed E-state index contributed by atoms with van der Waals surface area (Å²) in [4.78, 5) is 3.33. The van der Waals surface area contributed by atoms with Gasteiger partial charge in [0.1, 0.15) is 0 Å². The molecule has 0 spiro atoms. The van der Waals surface area contributed by atoms with Gasteiger partial charge in [0.25, 0.3) is 10.2 Å². The van der Waals surface area contributed by atoms with Gasteiger partial charge in [0, 0.05) is 31.7 Å². The van der Waals surface area contributed by atoms with Crippen LogP contribution in [-0.4, -0.2) is 46.8 Å². The fraction of sp³-hybridized carbons (Fsp3) is 0.500. The van der Waals surface area contributed by atoms with Crippen molar-refractivity contribution in [2.45, 2.75) is 32.5 Å². The molecule has 0 N–H and O–H groups in total. The number of alkyl halides is 3. The number of hydrogen-bond donors (Lipinski definition) is 0. The van der Waals surface area contributed by atoms with Crippen LogP contribution >= 0.6 is 0 Å². The van der Waals surface area contributed by atoms with Gasteiger partial charge in [-0.3, -0.25) is 0 Å². The minimum Gasteiger partial charge on any atom is -0.329 e. The first-order chi connectivity index (χ1) is 12.7. The molecule has 1 aliphatic rings. The van der Waals surface area contributed by atoms with Crippen molar-refractivity contribution in [1.82, 2.24) is 18.8 Å². The molecule has 7 nitrogen and oxygen atoms in total. The third-order valence-corrected chi connectivity index (χ3v) is 6.37. The van der Waals surface area contributed by atoms with Gasteiger partial charge in [-0.2, -0.15) is 35.2 Å². The summed E-state index contributed by atoms with van der Waals surface area (Å²) >= 11 is 0. The molecule has 0 saturated carbocycles. The molecule has 2 heterocycles. The Labute approximate surface area is 154 Å². The van der Waals surface area contributed by atoms with Gasteiger partial charge in [0.2, 0.25) is 5.82 Å². The largest absolute Gasteiger partial charge is 0.471 e. The number of nitrogens with zero attached hydrogens (tertiary/aromatic N) is 4. The Morgan fingerprint density at radius 2 is 1.81 bits per heavy atom. The Hall–Kier alpha value is -1.98. The van der Waals surface area contributed by atoms with E-state index in [1.165, 1.54) is 20.7 Å². The maximum atomic E-state index is 12.7. The zero-order valence-corrected chi connectivity index (χ0v) is 15.4. The monoisotopic (exact) mass is 404 g/mol. The number of benzene rings is 1. The molecule has 0 amide bonds. The van der Waals surface area contributed by atoms with Gasteiger partial charge < -0.3 is 4.52 Å². The molecule has 148 valence electrons. The molecule has 2 aromatic rings. The summed E-state index contributed by atoms with van der Waals surface area (Å²) in [6.45, 7) is 3.31. The van der Waals surface area contributed by atoms with Crippen molar-refractivity contribution >= 4 is 10.2 Å². The lowest BCUT2D eigenvalue weighted by Gasteiger charge is -2.26. The van der Waals surface area contributed by atoms with Crippen molar-refractivity contribution in [3.63, 3.8) is 0 Å². The quantitative estimate of drug-likeness (QED) is 0.740. The number of rotatable bonds is 6. The maximum absolute atomic E-state index is 12.7. The molecule has 1 aromatic heterocycles. The van der Waals surface area contributed by atoms with Crippen molar-refractivity contribution in [3.05, 3.63) is 35.7 Å². The Balaban J connectivity index is 1.74. The van der Waals surface area contributed by atoms with E-state index in [4.69, 9.17) is 0 Å². The SMILES string of the molecule is CCN(Cc1ccc(-c2noc(C(F)(F)F)n2)cc1)S(=O)(=O)N1CCCC1. The van der Waals surface area contributed by atoms with E-state index in [1.54, 1.807) is 19.1 Å². The highest BCUT2D eigenvalue weighted by Crippen LogP contribution is 2.29. The molecule has 0 unspecified atom stereocenters. The van der Waals surface area contributed by atoms with E-state index in [9.17, 15) is 21.6 Å². The average Bonchev–Trinajstić information content (AvgIpc) is 3.31. The van der Waals surface area contributed by atoms with Crippen LogP contribution in [0.5, 0.6) is 0 Å². The van der Waals surface area contributed by atoms with Gasteiger partial charge in [-0.15, -0.1) is 0 Å². The molecular weight excluding hydrogens is 385 g/mol. The van der Waals surface area contributed by atoms with Crippen LogP contribution in [0.4, 0.5) is 13.2 Å². The zero-order valence-electron chi connectivity index (χ0n) is 14.6. The minimum atomic E-state index is -4.70. The Morgan fingerprint density at radius 1 is 1.19 bits per heavy atom. The lowest BCUT2D eigenvalue weighted by Crippen LogP contribution is -2.41. The fourth-order valence-corrected chi connectivity index (χ4v) is 4.54.